The molecular formula is C18H17FN2O2S2. The van der Waals surface area contributed by atoms with Crippen LogP contribution in [0.25, 0.3) is 10.6 Å². The van der Waals surface area contributed by atoms with E-state index < -0.39 is 10.0 Å². The molecule has 0 unspecified atom stereocenters. The highest BCUT2D eigenvalue weighted by Gasteiger charge is 2.14. The fourth-order valence-corrected chi connectivity index (χ4v) is 4.21. The quantitative estimate of drug-likeness (QED) is 0.712. The summed E-state index contributed by atoms with van der Waals surface area (Å²) in [4.78, 5) is 4.63. The molecule has 3 aromatic rings. The Morgan fingerprint density at radius 3 is 2.56 bits per heavy atom. The summed E-state index contributed by atoms with van der Waals surface area (Å²) in [6.45, 7) is 2.13. The van der Waals surface area contributed by atoms with E-state index in [2.05, 4.69) is 9.71 Å². The second-order valence-corrected chi connectivity index (χ2v) is 8.21. The first-order valence-corrected chi connectivity index (χ1v) is 10.1. The maximum Gasteiger partial charge on any atom is 0.240 e. The van der Waals surface area contributed by atoms with Gasteiger partial charge in [-0.15, -0.1) is 11.3 Å². The lowest BCUT2D eigenvalue weighted by Crippen LogP contribution is -2.26. The average Bonchev–Trinajstić information content (AvgIpc) is 3.04. The van der Waals surface area contributed by atoms with Crippen molar-refractivity contribution in [3.05, 3.63) is 71.0 Å². The fourth-order valence-electron chi connectivity index (χ4n) is 2.29. The number of aromatic nitrogens is 1. The summed E-state index contributed by atoms with van der Waals surface area (Å²) in [5.41, 5.74) is 2.19. The number of rotatable bonds is 6. The Balaban J connectivity index is 1.63. The Morgan fingerprint density at radius 2 is 1.84 bits per heavy atom. The van der Waals surface area contributed by atoms with E-state index in [1.54, 1.807) is 42.5 Å². The molecule has 2 aromatic carbocycles. The maximum absolute atomic E-state index is 13.8. The van der Waals surface area contributed by atoms with Crippen LogP contribution in [-0.4, -0.2) is 19.9 Å². The van der Waals surface area contributed by atoms with Gasteiger partial charge in [0.15, 0.2) is 0 Å². The molecule has 0 aliphatic heterocycles. The highest BCUT2D eigenvalue weighted by atomic mass is 32.2. The number of hydrogen-bond acceptors (Lipinski definition) is 4. The highest BCUT2D eigenvalue weighted by Crippen LogP contribution is 2.26. The van der Waals surface area contributed by atoms with Crippen LogP contribution in [0.1, 0.15) is 11.3 Å². The van der Waals surface area contributed by atoms with Crippen molar-refractivity contribution in [3.63, 3.8) is 0 Å². The van der Waals surface area contributed by atoms with Gasteiger partial charge in [0.25, 0.3) is 0 Å². The van der Waals surface area contributed by atoms with Crippen molar-refractivity contribution in [2.75, 3.05) is 6.54 Å². The van der Waals surface area contributed by atoms with Gasteiger partial charge in [-0.3, -0.25) is 0 Å². The number of sulfonamides is 1. The van der Waals surface area contributed by atoms with Crippen molar-refractivity contribution in [2.24, 2.45) is 0 Å². The zero-order chi connectivity index (χ0) is 17.9. The first-order valence-electron chi connectivity index (χ1n) is 7.71. The van der Waals surface area contributed by atoms with Gasteiger partial charge in [-0.2, -0.15) is 0 Å². The van der Waals surface area contributed by atoms with E-state index >= 15 is 0 Å². The topological polar surface area (TPSA) is 59.1 Å². The van der Waals surface area contributed by atoms with Gasteiger partial charge in [-0.05, 0) is 31.2 Å². The molecule has 3 rings (SSSR count). The molecule has 4 nitrogen and oxygen atoms in total. The number of nitrogens with one attached hydrogen (secondary N) is 1. The van der Waals surface area contributed by atoms with Gasteiger partial charge in [-0.1, -0.05) is 29.8 Å². The van der Waals surface area contributed by atoms with Gasteiger partial charge >= 0.3 is 0 Å². The van der Waals surface area contributed by atoms with Crippen LogP contribution in [0.3, 0.4) is 0 Å². The number of aryl methyl sites for hydroxylation is 1. The van der Waals surface area contributed by atoms with Crippen LogP contribution in [0.15, 0.2) is 58.8 Å². The number of halogens is 1. The van der Waals surface area contributed by atoms with Crippen molar-refractivity contribution in [1.29, 1.82) is 0 Å². The maximum atomic E-state index is 13.8. The molecule has 0 amide bonds. The smallest absolute Gasteiger partial charge is 0.240 e. The Bertz CT molecular complexity index is 967. The molecule has 1 aromatic heterocycles. The van der Waals surface area contributed by atoms with Gasteiger partial charge in [-0.25, -0.2) is 22.5 Å². The minimum atomic E-state index is -3.53. The first-order chi connectivity index (χ1) is 12.0. The number of nitrogens with zero attached hydrogens (tertiary/aromatic N) is 1. The molecule has 0 radical (unpaired) electrons. The Kier molecular flexibility index (Phi) is 5.27. The molecule has 0 spiro atoms. The minimum absolute atomic E-state index is 0.233. The Hall–Kier alpha value is -2.09. The van der Waals surface area contributed by atoms with Crippen LogP contribution in [0.5, 0.6) is 0 Å². The predicted octanol–water partition coefficient (Wildman–Crippen LogP) is 3.78. The second-order valence-electron chi connectivity index (χ2n) is 5.58. The van der Waals surface area contributed by atoms with Gasteiger partial charge < -0.3 is 0 Å². The second kappa shape index (κ2) is 7.43. The summed E-state index contributed by atoms with van der Waals surface area (Å²) >= 11 is 1.34. The van der Waals surface area contributed by atoms with Crippen LogP contribution < -0.4 is 4.72 Å². The van der Waals surface area contributed by atoms with Crippen LogP contribution in [0, 0.1) is 12.7 Å². The van der Waals surface area contributed by atoms with Crippen LogP contribution in [0.2, 0.25) is 0 Å². The molecule has 0 saturated carbocycles. The molecule has 0 bridgehead atoms. The highest BCUT2D eigenvalue weighted by molar-refractivity contribution is 7.89. The molecule has 25 heavy (non-hydrogen) atoms. The predicted molar refractivity (Wildman–Crippen MR) is 97.6 cm³/mol. The zero-order valence-corrected chi connectivity index (χ0v) is 15.2. The van der Waals surface area contributed by atoms with Gasteiger partial charge in [0.2, 0.25) is 10.0 Å². The fraction of sp³-hybridized carbons (Fsp3) is 0.167. The summed E-state index contributed by atoms with van der Waals surface area (Å²) < 4.78 is 40.8. The normalized spacial score (nSPS) is 11.6. The van der Waals surface area contributed by atoms with E-state index in [-0.39, 0.29) is 17.3 Å². The zero-order valence-electron chi connectivity index (χ0n) is 13.6. The Morgan fingerprint density at radius 1 is 1.12 bits per heavy atom. The van der Waals surface area contributed by atoms with Crippen molar-refractivity contribution in [3.8, 4) is 10.6 Å². The third-order valence-electron chi connectivity index (χ3n) is 3.66. The third kappa shape index (κ3) is 4.31. The number of thiazole rings is 1. The van der Waals surface area contributed by atoms with E-state index in [1.165, 1.54) is 17.4 Å². The lowest BCUT2D eigenvalue weighted by Gasteiger charge is -2.06. The minimum Gasteiger partial charge on any atom is -0.241 e. The third-order valence-corrected chi connectivity index (χ3v) is 6.06. The largest absolute Gasteiger partial charge is 0.241 e. The van der Waals surface area contributed by atoms with E-state index in [0.29, 0.717) is 17.0 Å². The lowest BCUT2D eigenvalue weighted by atomic mass is 10.2. The molecule has 7 heteroatoms. The molecular weight excluding hydrogens is 359 g/mol. The summed E-state index contributed by atoms with van der Waals surface area (Å²) in [6, 6.07) is 13.1. The first kappa shape index (κ1) is 17.7. The number of benzene rings is 2. The van der Waals surface area contributed by atoms with Gasteiger partial charge in [0.1, 0.15) is 10.8 Å². The summed E-state index contributed by atoms with van der Waals surface area (Å²) in [5, 5.41) is 2.41. The van der Waals surface area contributed by atoms with E-state index in [1.807, 2.05) is 12.3 Å². The standard InChI is InChI=1S/C18H17FN2O2S2/c1-13-6-8-15(9-7-13)25(22,23)20-11-10-14-12-24-18(21-14)16-4-2-3-5-17(16)19/h2-9,12,20H,10-11H2,1H3. The van der Waals surface area contributed by atoms with Crippen LogP contribution in [-0.2, 0) is 16.4 Å². The van der Waals surface area contributed by atoms with Crippen molar-refractivity contribution in [2.45, 2.75) is 18.2 Å². The molecule has 0 aliphatic carbocycles. The van der Waals surface area contributed by atoms with E-state index in [4.69, 9.17) is 0 Å². The summed E-state index contributed by atoms with van der Waals surface area (Å²) in [7, 11) is -3.53. The van der Waals surface area contributed by atoms with Gasteiger partial charge in [0.05, 0.1) is 10.6 Å². The van der Waals surface area contributed by atoms with Crippen LogP contribution >= 0.6 is 11.3 Å². The molecule has 0 aliphatic rings. The van der Waals surface area contributed by atoms with Crippen molar-refractivity contribution < 1.29 is 12.8 Å². The average molecular weight is 376 g/mol. The van der Waals surface area contributed by atoms with Crippen molar-refractivity contribution >= 4 is 21.4 Å². The molecule has 1 N–H and O–H groups in total. The molecule has 0 atom stereocenters. The Labute approximate surface area is 150 Å². The van der Waals surface area contributed by atoms with Gasteiger partial charge in [0, 0.05) is 23.9 Å². The monoisotopic (exact) mass is 376 g/mol. The molecule has 1 heterocycles. The molecule has 130 valence electrons. The summed E-state index contributed by atoms with van der Waals surface area (Å²) in [6.07, 6.45) is 0.441. The SMILES string of the molecule is Cc1ccc(S(=O)(=O)NCCc2csc(-c3ccccc3F)n2)cc1. The van der Waals surface area contributed by atoms with E-state index in [9.17, 15) is 12.8 Å². The molecule has 0 saturated heterocycles. The molecule has 0 fully saturated rings. The summed E-state index contributed by atoms with van der Waals surface area (Å²) in [5.74, 6) is -0.316. The van der Waals surface area contributed by atoms with Crippen molar-refractivity contribution in [1.82, 2.24) is 9.71 Å². The van der Waals surface area contributed by atoms with Crippen LogP contribution in [0.4, 0.5) is 4.39 Å². The lowest BCUT2D eigenvalue weighted by molar-refractivity contribution is 0.581. The number of hydrogen-bond donors (Lipinski definition) is 1. The van der Waals surface area contributed by atoms with E-state index in [0.717, 1.165) is 11.3 Å².